The lowest BCUT2D eigenvalue weighted by Gasteiger charge is -2.12. The van der Waals surface area contributed by atoms with Gasteiger partial charge in [-0.05, 0) is 24.3 Å². The van der Waals surface area contributed by atoms with E-state index in [9.17, 15) is 39.5 Å². The minimum Gasteiger partial charge on any atom is -0.383 e. The van der Waals surface area contributed by atoms with Crippen LogP contribution in [0.25, 0.3) is 16.7 Å². The average Bonchev–Trinajstić information content (AvgIpc) is 2.88. The van der Waals surface area contributed by atoms with Crippen molar-refractivity contribution in [1.29, 1.82) is 0 Å². The van der Waals surface area contributed by atoms with Gasteiger partial charge in [-0.3, -0.25) is 0 Å². The Morgan fingerprint density at radius 1 is 0.862 bits per heavy atom. The fraction of sp³-hybridized carbons (Fsp3) is 0.200. The fourth-order valence-corrected chi connectivity index (χ4v) is 2.78. The van der Waals surface area contributed by atoms with Crippen LogP contribution < -0.4 is 5.73 Å². The molecular formula is C15H6ClF9N4. The maximum Gasteiger partial charge on any atom is 0.433 e. The summed E-state index contributed by atoms with van der Waals surface area (Å²) in [5, 5.41) is 1.96. The molecule has 0 radical (unpaired) electrons. The lowest BCUT2D eigenvalue weighted by Crippen LogP contribution is -2.13. The van der Waals surface area contributed by atoms with Crippen LogP contribution in [-0.4, -0.2) is 14.8 Å². The summed E-state index contributed by atoms with van der Waals surface area (Å²) in [7, 11) is 0. The Kier molecular flexibility index (Phi) is 4.64. The number of halogens is 10. The number of nitrogen functional groups attached to an aromatic ring is 1. The van der Waals surface area contributed by atoms with Crippen molar-refractivity contribution < 1.29 is 39.5 Å². The van der Waals surface area contributed by atoms with Gasteiger partial charge in [0, 0.05) is 0 Å². The Labute approximate surface area is 159 Å². The van der Waals surface area contributed by atoms with E-state index in [0.29, 0.717) is 16.8 Å². The zero-order chi connectivity index (χ0) is 21.9. The monoisotopic (exact) mass is 448 g/mol. The minimum atomic E-state index is -5.24. The number of hydrogen-bond donors (Lipinski definition) is 1. The molecule has 0 unspecified atom stereocenters. The maximum absolute atomic E-state index is 13.3. The molecule has 2 aromatic heterocycles. The zero-order valence-electron chi connectivity index (χ0n) is 13.5. The molecule has 1 aromatic carbocycles. The molecule has 0 saturated carbocycles. The summed E-state index contributed by atoms with van der Waals surface area (Å²) < 4.78 is 117. The van der Waals surface area contributed by atoms with Crippen molar-refractivity contribution in [2.24, 2.45) is 0 Å². The lowest BCUT2D eigenvalue weighted by molar-refractivity contribution is -0.144. The summed E-state index contributed by atoms with van der Waals surface area (Å²) in [4.78, 5) is 3.05. The second-order valence-corrected chi connectivity index (χ2v) is 6.12. The highest BCUT2D eigenvalue weighted by Crippen LogP contribution is 2.41. The van der Waals surface area contributed by atoms with Gasteiger partial charge in [-0.25, -0.2) is 9.67 Å². The second kappa shape index (κ2) is 6.40. The van der Waals surface area contributed by atoms with Crippen molar-refractivity contribution in [2.75, 3.05) is 5.73 Å². The number of pyridine rings is 1. The molecule has 0 spiro atoms. The fourth-order valence-electron chi connectivity index (χ4n) is 2.52. The Hall–Kier alpha value is -2.70. The number of aromatic nitrogens is 3. The molecule has 2 N–H and O–H groups in total. The van der Waals surface area contributed by atoms with E-state index in [0.717, 1.165) is 6.07 Å². The maximum atomic E-state index is 13.3. The highest BCUT2D eigenvalue weighted by atomic mass is 35.5. The molecule has 0 aliphatic rings. The van der Waals surface area contributed by atoms with Crippen molar-refractivity contribution in [2.45, 2.75) is 18.5 Å². The van der Waals surface area contributed by atoms with Crippen LogP contribution in [0.3, 0.4) is 0 Å². The standard InChI is InChI=1S/C15H6ClF9N4/c16-7-3-5(13(17,18)19)1-2-8(7)29-11(26)10-6(14(20,21)22)4-9(15(23,24)25)27-12(10)28-29/h1-4H,26H2. The summed E-state index contributed by atoms with van der Waals surface area (Å²) in [5.41, 5.74) is -0.525. The van der Waals surface area contributed by atoms with Crippen LogP contribution in [-0.2, 0) is 18.5 Å². The molecule has 0 bridgehead atoms. The van der Waals surface area contributed by atoms with Crippen LogP contribution in [0.5, 0.6) is 0 Å². The number of nitrogens with zero attached hydrogens (tertiary/aromatic N) is 3. The zero-order valence-corrected chi connectivity index (χ0v) is 14.3. The summed E-state index contributed by atoms with van der Waals surface area (Å²) in [5.74, 6) is -0.796. The van der Waals surface area contributed by atoms with Crippen LogP contribution in [0.1, 0.15) is 16.8 Å². The molecule has 0 amide bonds. The molecule has 2 heterocycles. The third-order valence-corrected chi connectivity index (χ3v) is 4.08. The summed E-state index contributed by atoms with van der Waals surface area (Å²) in [6.45, 7) is 0. The Morgan fingerprint density at radius 3 is 1.97 bits per heavy atom. The van der Waals surface area contributed by atoms with Gasteiger partial charge in [0.15, 0.2) is 5.65 Å². The Bertz CT molecular complexity index is 1100. The van der Waals surface area contributed by atoms with E-state index < -0.39 is 57.2 Å². The number of rotatable bonds is 1. The van der Waals surface area contributed by atoms with Crippen LogP contribution in [0, 0.1) is 0 Å². The molecule has 3 rings (SSSR count). The second-order valence-electron chi connectivity index (χ2n) is 5.71. The third-order valence-electron chi connectivity index (χ3n) is 3.78. The predicted octanol–water partition coefficient (Wildman–Crippen LogP) is 5.71. The number of anilines is 1. The number of nitrogens with two attached hydrogens (primary N) is 1. The quantitative estimate of drug-likeness (QED) is 0.485. The molecule has 29 heavy (non-hydrogen) atoms. The predicted molar refractivity (Wildman–Crippen MR) is 83.3 cm³/mol. The molecular weight excluding hydrogens is 443 g/mol. The van der Waals surface area contributed by atoms with Crippen molar-refractivity contribution in [3.63, 3.8) is 0 Å². The SMILES string of the molecule is Nc1c2c(C(F)(F)F)cc(C(F)(F)F)nc2nn1-c1ccc(C(F)(F)F)cc1Cl. The number of alkyl halides is 9. The van der Waals surface area contributed by atoms with E-state index in [1.54, 1.807) is 0 Å². The molecule has 0 saturated heterocycles. The van der Waals surface area contributed by atoms with Crippen LogP contribution >= 0.6 is 11.6 Å². The van der Waals surface area contributed by atoms with E-state index >= 15 is 0 Å². The smallest absolute Gasteiger partial charge is 0.383 e. The highest BCUT2D eigenvalue weighted by Gasteiger charge is 2.41. The Morgan fingerprint density at radius 2 is 1.48 bits per heavy atom. The van der Waals surface area contributed by atoms with Gasteiger partial charge in [-0.2, -0.15) is 39.5 Å². The van der Waals surface area contributed by atoms with Crippen LogP contribution in [0.4, 0.5) is 45.3 Å². The average molecular weight is 449 g/mol. The third kappa shape index (κ3) is 3.78. The minimum absolute atomic E-state index is 0.223. The topological polar surface area (TPSA) is 56.7 Å². The molecule has 0 fully saturated rings. The van der Waals surface area contributed by atoms with Gasteiger partial charge in [-0.1, -0.05) is 11.6 Å². The van der Waals surface area contributed by atoms with Gasteiger partial charge in [0.05, 0.1) is 27.2 Å². The van der Waals surface area contributed by atoms with Crippen molar-refractivity contribution in [3.8, 4) is 5.69 Å². The molecule has 156 valence electrons. The number of benzene rings is 1. The normalized spacial score (nSPS) is 13.3. The van der Waals surface area contributed by atoms with Gasteiger partial charge < -0.3 is 5.73 Å². The van der Waals surface area contributed by atoms with Crippen molar-refractivity contribution in [1.82, 2.24) is 14.8 Å². The van der Waals surface area contributed by atoms with Crippen LogP contribution in [0.2, 0.25) is 5.02 Å². The lowest BCUT2D eigenvalue weighted by atomic mass is 10.1. The molecule has 0 aliphatic heterocycles. The number of hydrogen-bond acceptors (Lipinski definition) is 3. The molecule has 0 aliphatic carbocycles. The van der Waals surface area contributed by atoms with Gasteiger partial charge in [0.1, 0.15) is 11.5 Å². The van der Waals surface area contributed by atoms with Gasteiger partial charge in [0.2, 0.25) is 0 Å². The molecule has 14 heteroatoms. The summed E-state index contributed by atoms with van der Waals surface area (Å²) in [6.07, 6.45) is -15.2. The first-order chi connectivity index (χ1) is 13.1. The van der Waals surface area contributed by atoms with E-state index in [2.05, 4.69) is 10.1 Å². The molecule has 3 aromatic rings. The van der Waals surface area contributed by atoms with E-state index in [1.807, 2.05) is 0 Å². The summed E-state index contributed by atoms with van der Waals surface area (Å²) >= 11 is 5.76. The first-order valence-electron chi connectivity index (χ1n) is 7.31. The van der Waals surface area contributed by atoms with Gasteiger partial charge in [-0.15, -0.1) is 5.10 Å². The van der Waals surface area contributed by atoms with Crippen LogP contribution in [0.15, 0.2) is 24.3 Å². The van der Waals surface area contributed by atoms with E-state index in [-0.39, 0.29) is 11.8 Å². The van der Waals surface area contributed by atoms with Crippen molar-refractivity contribution >= 4 is 28.5 Å². The number of fused-ring (bicyclic) bond motifs is 1. The van der Waals surface area contributed by atoms with E-state index in [4.69, 9.17) is 17.3 Å². The summed E-state index contributed by atoms with van der Waals surface area (Å²) in [6, 6.07) is 1.58. The van der Waals surface area contributed by atoms with Gasteiger partial charge in [0.25, 0.3) is 0 Å². The van der Waals surface area contributed by atoms with E-state index in [1.165, 1.54) is 0 Å². The Balaban J connectivity index is 2.31. The largest absolute Gasteiger partial charge is 0.433 e. The molecule has 0 atom stereocenters. The molecule has 4 nitrogen and oxygen atoms in total. The first kappa shape index (κ1) is 21.0. The first-order valence-corrected chi connectivity index (χ1v) is 7.69. The highest BCUT2D eigenvalue weighted by molar-refractivity contribution is 6.32. The van der Waals surface area contributed by atoms with Crippen molar-refractivity contribution in [3.05, 3.63) is 46.1 Å². The van der Waals surface area contributed by atoms with Gasteiger partial charge >= 0.3 is 18.5 Å².